The van der Waals surface area contributed by atoms with Crippen LogP contribution in [0.5, 0.6) is 0 Å². The topological polar surface area (TPSA) is 83.0 Å². The van der Waals surface area contributed by atoms with Gasteiger partial charge in [0, 0.05) is 17.1 Å². The highest BCUT2D eigenvalue weighted by Gasteiger charge is 2.28. The second kappa shape index (κ2) is 5.63. The fourth-order valence-corrected chi connectivity index (χ4v) is 2.74. The minimum Gasteiger partial charge on any atom is -0.457 e. The number of esters is 1. The number of carbonyl (C=O) groups excluding carboxylic acids is 1. The normalized spacial score (nSPS) is 14.0. The molecule has 4 rings (SSSR count). The molecule has 2 aromatic heterocycles. The van der Waals surface area contributed by atoms with E-state index in [4.69, 9.17) is 10.5 Å². The van der Waals surface area contributed by atoms with Crippen molar-refractivity contribution in [3.05, 3.63) is 53.3 Å². The van der Waals surface area contributed by atoms with Crippen LogP contribution < -0.4 is 5.73 Å². The number of ether oxygens (including phenoxy) is 1. The third kappa shape index (κ3) is 2.71. The summed E-state index contributed by atoms with van der Waals surface area (Å²) < 4.78 is 7.08. The fraction of sp³-hybridized carbons (Fsp3) is 0.278. The van der Waals surface area contributed by atoms with E-state index in [0.29, 0.717) is 17.4 Å². The maximum absolute atomic E-state index is 12.2. The predicted molar refractivity (Wildman–Crippen MR) is 90.5 cm³/mol. The van der Waals surface area contributed by atoms with Gasteiger partial charge in [-0.15, -0.1) is 0 Å². The molecule has 6 nitrogen and oxygen atoms in total. The van der Waals surface area contributed by atoms with Gasteiger partial charge in [0.2, 0.25) is 0 Å². The number of nitrogen functional groups attached to an aromatic ring is 1. The van der Waals surface area contributed by atoms with Crippen LogP contribution in [0.15, 0.2) is 36.7 Å². The van der Waals surface area contributed by atoms with E-state index in [1.54, 1.807) is 10.9 Å². The smallest absolute Gasteiger partial charge is 0.343 e. The van der Waals surface area contributed by atoms with Crippen LogP contribution in [0, 0.1) is 6.92 Å². The molecule has 2 N–H and O–H groups in total. The van der Waals surface area contributed by atoms with Crippen molar-refractivity contribution in [3.63, 3.8) is 0 Å². The van der Waals surface area contributed by atoms with E-state index in [1.165, 1.54) is 11.8 Å². The summed E-state index contributed by atoms with van der Waals surface area (Å²) in [6, 6.07) is 8.38. The lowest BCUT2D eigenvalue weighted by Gasteiger charge is -2.06. The molecular weight excluding hydrogens is 304 g/mol. The molecule has 1 aliphatic rings. The second-order valence-electron chi connectivity index (χ2n) is 6.24. The zero-order valence-corrected chi connectivity index (χ0v) is 13.4. The van der Waals surface area contributed by atoms with Gasteiger partial charge in [-0.2, -0.15) is 5.10 Å². The number of hydrogen-bond donors (Lipinski definition) is 1. The summed E-state index contributed by atoms with van der Waals surface area (Å²) in [5.41, 5.74) is 9.25. The molecule has 3 aromatic rings. The van der Waals surface area contributed by atoms with Crippen LogP contribution >= 0.6 is 0 Å². The van der Waals surface area contributed by atoms with Gasteiger partial charge in [0.1, 0.15) is 18.0 Å². The van der Waals surface area contributed by atoms with E-state index in [0.717, 1.165) is 29.3 Å². The van der Waals surface area contributed by atoms with E-state index in [-0.39, 0.29) is 6.61 Å². The van der Waals surface area contributed by atoms with E-state index >= 15 is 0 Å². The SMILES string of the molecule is Cc1ccc2ncc(COC(=O)c3cnn(C4CC4)c3N)cc2c1. The Morgan fingerprint density at radius 1 is 1.33 bits per heavy atom. The molecule has 0 bridgehead atoms. The van der Waals surface area contributed by atoms with E-state index < -0.39 is 5.97 Å². The number of rotatable bonds is 4. The van der Waals surface area contributed by atoms with Crippen molar-refractivity contribution in [2.24, 2.45) is 0 Å². The second-order valence-corrected chi connectivity index (χ2v) is 6.24. The van der Waals surface area contributed by atoms with Crippen LogP contribution in [0.1, 0.15) is 40.4 Å². The molecule has 1 aliphatic carbocycles. The summed E-state index contributed by atoms with van der Waals surface area (Å²) in [5.74, 6) is -0.0708. The monoisotopic (exact) mass is 322 g/mol. The molecule has 2 heterocycles. The van der Waals surface area contributed by atoms with Crippen molar-refractivity contribution in [3.8, 4) is 0 Å². The van der Waals surface area contributed by atoms with Gasteiger partial charge in [0.05, 0.1) is 17.8 Å². The first-order valence-corrected chi connectivity index (χ1v) is 7.97. The Hall–Kier alpha value is -2.89. The highest BCUT2D eigenvalue weighted by Crippen LogP contribution is 2.36. The fourth-order valence-electron chi connectivity index (χ4n) is 2.74. The largest absolute Gasteiger partial charge is 0.457 e. The van der Waals surface area contributed by atoms with Gasteiger partial charge in [-0.1, -0.05) is 11.6 Å². The minimum atomic E-state index is -0.455. The number of aryl methyl sites for hydroxylation is 1. The quantitative estimate of drug-likeness (QED) is 0.747. The number of anilines is 1. The first-order valence-electron chi connectivity index (χ1n) is 7.97. The lowest BCUT2D eigenvalue weighted by molar-refractivity contribution is 0.0474. The van der Waals surface area contributed by atoms with Crippen molar-refractivity contribution in [1.29, 1.82) is 0 Å². The number of aromatic nitrogens is 3. The van der Waals surface area contributed by atoms with Crippen molar-refractivity contribution in [1.82, 2.24) is 14.8 Å². The average Bonchev–Trinajstić information content (AvgIpc) is 3.34. The highest BCUT2D eigenvalue weighted by atomic mass is 16.5. The number of benzene rings is 1. The van der Waals surface area contributed by atoms with Crippen LogP contribution in [-0.4, -0.2) is 20.7 Å². The van der Waals surface area contributed by atoms with Crippen LogP contribution in [0.4, 0.5) is 5.82 Å². The van der Waals surface area contributed by atoms with Gasteiger partial charge in [0.25, 0.3) is 0 Å². The molecule has 0 spiro atoms. The zero-order chi connectivity index (χ0) is 16.7. The summed E-state index contributed by atoms with van der Waals surface area (Å²) >= 11 is 0. The van der Waals surface area contributed by atoms with Crippen LogP contribution in [0.3, 0.4) is 0 Å². The van der Waals surface area contributed by atoms with Crippen molar-refractivity contribution < 1.29 is 9.53 Å². The number of pyridine rings is 1. The van der Waals surface area contributed by atoms with Crippen LogP contribution in [0.2, 0.25) is 0 Å². The molecular formula is C18H18N4O2. The summed E-state index contributed by atoms with van der Waals surface area (Å²) in [5, 5.41) is 5.21. The van der Waals surface area contributed by atoms with E-state index in [1.807, 2.05) is 25.1 Å². The van der Waals surface area contributed by atoms with Crippen molar-refractivity contribution >= 4 is 22.7 Å². The standard InChI is InChI=1S/C18H18N4O2/c1-11-2-5-16-13(6-11)7-12(8-20-16)10-24-18(23)15-9-21-22(17(15)19)14-3-4-14/h2,5-9,14H,3-4,10,19H2,1H3. The Balaban J connectivity index is 1.49. The molecule has 24 heavy (non-hydrogen) atoms. The maximum atomic E-state index is 12.2. The molecule has 1 fully saturated rings. The Bertz CT molecular complexity index is 928. The Morgan fingerprint density at radius 3 is 2.96 bits per heavy atom. The Morgan fingerprint density at radius 2 is 2.17 bits per heavy atom. The van der Waals surface area contributed by atoms with E-state index in [9.17, 15) is 4.79 Å². The maximum Gasteiger partial charge on any atom is 0.343 e. The summed E-state index contributed by atoms with van der Waals surface area (Å²) in [7, 11) is 0. The van der Waals surface area contributed by atoms with Gasteiger partial charge < -0.3 is 10.5 Å². The third-order valence-electron chi connectivity index (χ3n) is 4.21. The van der Waals surface area contributed by atoms with Gasteiger partial charge in [0.15, 0.2) is 0 Å². The number of carbonyl (C=O) groups is 1. The molecule has 1 saturated carbocycles. The Kier molecular flexibility index (Phi) is 3.45. The van der Waals surface area contributed by atoms with Gasteiger partial charge in [-0.3, -0.25) is 4.98 Å². The number of hydrogen-bond acceptors (Lipinski definition) is 5. The van der Waals surface area contributed by atoms with Gasteiger partial charge in [-0.25, -0.2) is 9.48 Å². The molecule has 0 amide bonds. The van der Waals surface area contributed by atoms with Crippen molar-refractivity contribution in [2.45, 2.75) is 32.4 Å². The summed E-state index contributed by atoms with van der Waals surface area (Å²) in [4.78, 5) is 16.6. The molecule has 0 saturated heterocycles. The van der Waals surface area contributed by atoms with Crippen molar-refractivity contribution in [2.75, 3.05) is 5.73 Å². The molecule has 1 aromatic carbocycles. The molecule has 0 unspecified atom stereocenters. The van der Waals surface area contributed by atoms with Crippen LogP contribution in [-0.2, 0) is 11.3 Å². The Labute approximate surface area is 139 Å². The lowest BCUT2D eigenvalue weighted by Crippen LogP contribution is -2.09. The number of nitrogens with zero attached hydrogens (tertiary/aromatic N) is 3. The predicted octanol–water partition coefficient (Wildman–Crippen LogP) is 3.01. The molecule has 122 valence electrons. The summed E-state index contributed by atoms with van der Waals surface area (Å²) in [6.45, 7) is 2.19. The summed E-state index contributed by atoms with van der Waals surface area (Å²) in [6.07, 6.45) is 5.32. The number of fused-ring (bicyclic) bond motifs is 1. The van der Waals surface area contributed by atoms with Gasteiger partial charge in [-0.05, 0) is 38.0 Å². The van der Waals surface area contributed by atoms with Gasteiger partial charge >= 0.3 is 5.97 Å². The number of nitrogens with two attached hydrogens (primary N) is 1. The van der Waals surface area contributed by atoms with Crippen LogP contribution in [0.25, 0.3) is 10.9 Å². The zero-order valence-electron chi connectivity index (χ0n) is 13.4. The third-order valence-corrected chi connectivity index (χ3v) is 4.21. The molecule has 0 radical (unpaired) electrons. The molecule has 0 aliphatic heterocycles. The van der Waals surface area contributed by atoms with E-state index in [2.05, 4.69) is 16.1 Å². The first-order chi connectivity index (χ1) is 11.6. The molecule has 6 heteroatoms. The lowest BCUT2D eigenvalue weighted by atomic mass is 10.1. The molecule has 0 atom stereocenters. The minimum absolute atomic E-state index is 0.157. The highest BCUT2D eigenvalue weighted by molar-refractivity contribution is 5.94. The average molecular weight is 322 g/mol. The first kappa shape index (κ1) is 14.7.